The summed E-state index contributed by atoms with van der Waals surface area (Å²) in [5, 5.41) is 5.68. The molecule has 0 bridgehead atoms. The first kappa shape index (κ1) is 24.5. The number of imidazole rings is 1. The van der Waals surface area contributed by atoms with E-state index in [2.05, 4.69) is 15.6 Å². The SMILES string of the molecule is Cc1ccc(C(=O)N/C(=C\c2cccc(Oc3ccccc3)c2)C(=O)NCCCn2ccnc2)cc1. The molecule has 0 aliphatic carbocycles. The average Bonchev–Trinajstić information content (AvgIpc) is 3.41. The van der Waals surface area contributed by atoms with Gasteiger partial charge in [0, 0.05) is 31.0 Å². The van der Waals surface area contributed by atoms with Crippen LogP contribution in [0.15, 0.2) is 103 Å². The second-order valence-corrected chi connectivity index (χ2v) is 8.28. The largest absolute Gasteiger partial charge is 0.457 e. The van der Waals surface area contributed by atoms with Crippen LogP contribution in [-0.2, 0) is 11.3 Å². The van der Waals surface area contributed by atoms with Gasteiger partial charge in [0.2, 0.25) is 0 Å². The summed E-state index contributed by atoms with van der Waals surface area (Å²) in [5.74, 6) is 0.615. The topological polar surface area (TPSA) is 85.2 Å². The van der Waals surface area contributed by atoms with Gasteiger partial charge in [0.05, 0.1) is 6.33 Å². The molecular formula is C29H28N4O3. The van der Waals surface area contributed by atoms with Crippen LogP contribution in [-0.4, -0.2) is 27.9 Å². The lowest BCUT2D eigenvalue weighted by molar-refractivity contribution is -0.117. The number of aromatic nitrogens is 2. The summed E-state index contributed by atoms with van der Waals surface area (Å²) in [6.45, 7) is 3.13. The van der Waals surface area contributed by atoms with Gasteiger partial charge in [-0.2, -0.15) is 0 Å². The molecule has 2 N–H and O–H groups in total. The van der Waals surface area contributed by atoms with Crippen LogP contribution in [0.25, 0.3) is 6.08 Å². The minimum Gasteiger partial charge on any atom is -0.457 e. The van der Waals surface area contributed by atoms with Crippen LogP contribution in [0.5, 0.6) is 11.5 Å². The van der Waals surface area contributed by atoms with Crippen LogP contribution in [0.2, 0.25) is 0 Å². The zero-order valence-corrected chi connectivity index (χ0v) is 20.1. The van der Waals surface area contributed by atoms with Crippen molar-refractivity contribution in [3.8, 4) is 11.5 Å². The fourth-order valence-electron chi connectivity index (χ4n) is 3.49. The van der Waals surface area contributed by atoms with Crippen molar-refractivity contribution in [1.82, 2.24) is 20.2 Å². The van der Waals surface area contributed by atoms with Crippen molar-refractivity contribution >= 4 is 17.9 Å². The van der Waals surface area contributed by atoms with Gasteiger partial charge >= 0.3 is 0 Å². The molecule has 4 aromatic rings. The Morgan fingerprint density at radius 1 is 0.972 bits per heavy atom. The van der Waals surface area contributed by atoms with E-state index in [1.165, 1.54) is 0 Å². The molecule has 0 atom stereocenters. The van der Waals surface area contributed by atoms with E-state index in [-0.39, 0.29) is 17.5 Å². The fraction of sp³-hybridized carbons (Fsp3) is 0.138. The molecular weight excluding hydrogens is 452 g/mol. The summed E-state index contributed by atoms with van der Waals surface area (Å²) in [7, 11) is 0. The predicted molar refractivity (Wildman–Crippen MR) is 139 cm³/mol. The second kappa shape index (κ2) is 12.2. The Balaban J connectivity index is 1.50. The second-order valence-electron chi connectivity index (χ2n) is 8.28. The lowest BCUT2D eigenvalue weighted by Crippen LogP contribution is -2.35. The molecule has 0 aliphatic rings. The van der Waals surface area contributed by atoms with Crippen LogP contribution in [0.1, 0.15) is 27.9 Å². The molecule has 7 nitrogen and oxygen atoms in total. The Morgan fingerprint density at radius 2 is 1.75 bits per heavy atom. The van der Waals surface area contributed by atoms with Gasteiger partial charge in [-0.15, -0.1) is 0 Å². The first-order chi connectivity index (χ1) is 17.6. The van der Waals surface area contributed by atoms with Gasteiger partial charge in [0.25, 0.3) is 11.8 Å². The predicted octanol–water partition coefficient (Wildman–Crippen LogP) is 4.96. The van der Waals surface area contributed by atoms with Gasteiger partial charge in [-0.3, -0.25) is 9.59 Å². The van der Waals surface area contributed by atoms with Gasteiger partial charge in [-0.05, 0) is 61.4 Å². The van der Waals surface area contributed by atoms with E-state index in [9.17, 15) is 9.59 Å². The van der Waals surface area contributed by atoms with Gasteiger partial charge in [0.1, 0.15) is 17.2 Å². The Bertz CT molecular complexity index is 1310. The number of hydrogen-bond donors (Lipinski definition) is 2. The fourth-order valence-corrected chi connectivity index (χ4v) is 3.49. The van der Waals surface area contributed by atoms with E-state index >= 15 is 0 Å². The summed E-state index contributed by atoms with van der Waals surface area (Å²) in [5.41, 5.74) is 2.39. The highest BCUT2D eigenvalue weighted by atomic mass is 16.5. The Hall–Kier alpha value is -4.65. The summed E-state index contributed by atoms with van der Waals surface area (Å²) >= 11 is 0. The number of amides is 2. The van der Waals surface area contributed by atoms with E-state index in [0.29, 0.717) is 23.6 Å². The summed E-state index contributed by atoms with van der Waals surface area (Å²) in [6, 6.07) is 24.0. The third kappa shape index (κ3) is 7.17. The lowest BCUT2D eigenvalue weighted by atomic mass is 10.1. The smallest absolute Gasteiger partial charge is 0.267 e. The van der Waals surface area contributed by atoms with Crippen molar-refractivity contribution in [1.29, 1.82) is 0 Å². The molecule has 36 heavy (non-hydrogen) atoms. The van der Waals surface area contributed by atoms with E-state index in [1.54, 1.807) is 30.7 Å². The molecule has 1 aromatic heterocycles. The Kier molecular flexibility index (Phi) is 8.27. The zero-order chi connectivity index (χ0) is 25.2. The number of carbonyl (C=O) groups is 2. The van der Waals surface area contributed by atoms with Crippen LogP contribution in [0.3, 0.4) is 0 Å². The molecule has 0 unspecified atom stereocenters. The Morgan fingerprint density at radius 3 is 2.50 bits per heavy atom. The molecule has 7 heteroatoms. The highest BCUT2D eigenvalue weighted by molar-refractivity contribution is 6.05. The number of benzene rings is 3. The van der Waals surface area contributed by atoms with Crippen LogP contribution in [0, 0.1) is 6.92 Å². The average molecular weight is 481 g/mol. The van der Waals surface area contributed by atoms with Gasteiger partial charge in [-0.25, -0.2) is 4.98 Å². The van der Waals surface area contributed by atoms with Gasteiger partial charge < -0.3 is 19.9 Å². The normalized spacial score (nSPS) is 11.1. The first-order valence-corrected chi connectivity index (χ1v) is 11.7. The van der Waals surface area contributed by atoms with Crippen molar-refractivity contribution in [3.63, 3.8) is 0 Å². The first-order valence-electron chi connectivity index (χ1n) is 11.7. The Labute approximate surface area is 210 Å². The number of nitrogens with zero attached hydrogens (tertiary/aromatic N) is 2. The third-order valence-corrected chi connectivity index (χ3v) is 5.39. The van der Waals surface area contributed by atoms with Crippen LogP contribution in [0.4, 0.5) is 0 Å². The number of ether oxygens (including phenoxy) is 1. The van der Waals surface area contributed by atoms with E-state index in [0.717, 1.165) is 24.1 Å². The lowest BCUT2D eigenvalue weighted by Gasteiger charge is -2.12. The number of hydrogen-bond acceptors (Lipinski definition) is 4. The number of nitrogens with one attached hydrogen (secondary N) is 2. The van der Waals surface area contributed by atoms with Crippen molar-refractivity contribution in [2.45, 2.75) is 19.9 Å². The van der Waals surface area contributed by atoms with E-state index in [4.69, 9.17) is 4.74 Å². The third-order valence-electron chi connectivity index (χ3n) is 5.39. The molecule has 3 aromatic carbocycles. The summed E-state index contributed by atoms with van der Waals surface area (Å²) in [4.78, 5) is 30.0. The zero-order valence-electron chi connectivity index (χ0n) is 20.1. The molecule has 0 spiro atoms. The quantitative estimate of drug-likeness (QED) is 0.248. The summed E-state index contributed by atoms with van der Waals surface area (Å²) in [6.07, 6.45) is 7.70. The monoisotopic (exact) mass is 480 g/mol. The van der Waals surface area contributed by atoms with Crippen molar-refractivity contribution in [2.24, 2.45) is 0 Å². The highest BCUT2D eigenvalue weighted by Gasteiger charge is 2.15. The molecule has 0 saturated heterocycles. The van der Waals surface area contributed by atoms with Crippen molar-refractivity contribution < 1.29 is 14.3 Å². The molecule has 0 saturated carbocycles. The molecule has 1 heterocycles. The molecule has 2 amide bonds. The maximum atomic E-state index is 13.1. The minimum atomic E-state index is -0.365. The maximum Gasteiger partial charge on any atom is 0.267 e. The molecule has 4 rings (SSSR count). The molecule has 182 valence electrons. The standard InChI is InChI=1S/C29H28N4O3/c1-22-11-13-24(14-12-22)28(34)32-27(29(35)31-15-6-17-33-18-16-30-21-33)20-23-7-5-10-26(19-23)36-25-8-3-2-4-9-25/h2-5,7-14,16,18-21H,6,15,17H2,1H3,(H,31,35)(H,32,34)/b27-20-. The highest BCUT2D eigenvalue weighted by Crippen LogP contribution is 2.22. The molecule has 0 fully saturated rings. The van der Waals surface area contributed by atoms with Gasteiger partial charge in [-0.1, -0.05) is 48.0 Å². The van der Waals surface area contributed by atoms with E-state index < -0.39 is 0 Å². The number of carbonyl (C=O) groups excluding carboxylic acids is 2. The number of para-hydroxylation sites is 1. The van der Waals surface area contributed by atoms with Crippen molar-refractivity contribution in [2.75, 3.05) is 6.54 Å². The van der Waals surface area contributed by atoms with Gasteiger partial charge in [0.15, 0.2) is 0 Å². The van der Waals surface area contributed by atoms with Crippen molar-refractivity contribution in [3.05, 3.63) is 120 Å². The summed E-state index contributed by atoms with van der Waals surface area (Å²) < 4.78 is 7.86. The van der Waals surface area contributed by atoms with E-state index in [1.807, 2.05) is 84.4 Å². The minimum absolute atomic E-state index is 0.153. The number of rotatable bonds is 10. The van der Waals surface area contributed by atoms with Crippen LogP contribution >= 0.6 is 0 Å². The molecule has 0 aliphatic heterocycles. The maximum absolute atomic E-state index is 13.1. The number of aryl methyl sites for hydroxylation is 2. The van der Waals surface area contributed by atoms with Crippen LogP contribution < -0.4 is 15.4 Å². The molecule has 0 radical (unpaired) electrons.